The van der Waals surface area contributed by atoms with Gasteiger partial charge in [-0.05, 0) is 49.9 Å². The second kappa shape index (κ2) is 23.6. The van der Waals surface area contributed by atoms with Gasteiger partial charge in [0.1, 0.15) is 6.10 Å². The van der Waals surface area contributed by atoms with Crippen LogP contribution in [-0.2, 0) is 42.9 Å². The second-order valence-corrected chi connectivity index (χ2v) is 12.2. The Kier molecular flexibility index (Phi) is 19.7. The number of unbranched alkanes of at least 4 members (excludes halogenated alkanes) is 2. The van der Waals surface area contributed by atoms with Crippen molar-refractivity contribution < 1.29 is 52.8 Å². The number of carbonyl (C=O) groups is 5. The standard InChI is InChI=1S/C37H52N4O11/c1-6-10-18-39-29(43)20-25(12-8-3)34(45)50-32-31(52-37(47)41-27-16-14-24(22-38)15-17-27)28(23-42)49-36(48-5)33(32)51-35(46)26(13-9-4)21-30(44)40-19-11-7-2/h8-9,14-17,25-26,28,31-33,36,42H,3-4,6-7,10-13,18-21,23H2,1-2,5H3,(H,39,43)(H,40,44)(H,41,47)/t25-,26+,28+,31+,32-,33-,36-/m0/s1. The molecule has 0 unspecified atom stereocenters. The number of nitriles is 1. The first kappa shape index (κ1) is 43.4. The van der Waals surface area contributed by atoms with Gasteiger partial charge in [-0.3, -0.25) is 24.5 Å². The number of hydrogen-bond donors (Lipinski definition) is 4. The van der Waals surface area contributed by atoms with Crippen LogP contribution in [0.25, 0.3) is 0 Å². The number of methoxy groups -OCH3 is 1. The molecule has 15 heteroatoms. The maximum absolute atomic E-state index is 13.8. The lowest BCUT2D eigenvalue weighted by Gasteiger charge is -2.44. The number of benzene rings is 1. The number of carbonyl (C=O) groups excluding carboxylic acids is 5. The van der Waals surface area contributed by atoms with Crippen molar-refractivity contribution in [1.82, 2.24) is 10.6 Å². The number of rotatable bonds is 22. The minimum Gasteiger partial charge on any atom is -0.454 e. The van der Waals surface area contributed by atoms with E-state index in [0.717, 1.165) is 25.7 Å². The van der Waals surface area contributed by atoms with Crippen LogP contribution in [0.4, 0.5) is 10.5 Å². The molecule has 1 fully saturated rings. The number of allylic oxidation sites excluding steroid dienone is 2. The van der Waals surface area contributed by atoms with Gasteiger partial charge in [0.2, 0.25) is 11.8 Å². The van der Waals surface area contributed by atoms with Gasteiger partial charge in [0.25, 0.3) is 0 Å². The molecule has 1 aromatic carbocycles. The minimum absolute atomic E-state index is 0.0457. The van der Waals surface area contributed by atoms with Gasteiger partial charge < -0.3 is 39.4 Å². The topological polar surface area (TPSA) is 212 Å². The van der Waals surface area contributed by atoms with Gasteiger partial charge in [-0.25, -0.2) is 4.79 Å². The van der Waals surface area contributed by atoms with Crippen LogP contribution in [0.1, 0.15) is 70.8 Å². The number of ether oxygens (including phenoxy) is 5. The van der Waals surface area contributed by atoms with Crippen LogP contribution in [-0.4, -0.2) is 92.5 Å². The molecule has 3 amide bonds. The average Bonchev–Trinajstić information content (AvgIpc) is 3.13. The number of aliphatic hydroxyl groups excluding tert-OH is 1. The molecule has 0 bridgehead atoms. The molecular formula is C37H52N4O11. The van der Waals surface area contributed by atoms with Crippen LogP contribution >= 0.6 is 0 Å². The molecule has 1 saturated heterocycles. The van der Waals surface area contributed by atoms with Crippen molar-refractivity contribution in [1.29, 1.82) is 5.26 Å². The summed E-state index contributed by atoms with van der Waals surface area (Å²) in [5.41, 5.74) is 0.612. The van der Waals surface area contributed by atoms with E-state index < -0.39 is 73.1 Å². The Morgan fingerprint density at radius 2 is 1.38 bits per heavy atom. The molecule has 15 nitrogen and oxygen atoms in total. The summed E-state index contributed by atoms with van der Waals surface area (Å²) < 4.78 is 28.8. The van der Waals surface area contributed by atoms with E-state index in [2.05, 4.69) is 29.1 Å². The quantitative estimate of drug-likeness (QED) is 0.0583. The molecule has 0 aromatic heterocycles. The molecule has 7 atom stereocenters. The smallest absolute Gasteiger partial charge is 0.412 e. The fraction of sp³-hybridized carbons (Fsp3) is 0.568. The van der Waals surface area contributed by atoms with Gasteiger partial charge in [-0.2, -0.15) is 5.26 Å². The Morgan fingerprint density at radius 3 is 1.83 bits per heavy atom. The van der Waals surface area contributed by atoms with Crippen LogP contribution < -0.4 is 16.0 Å². The summed E-state index contributed by atoms with van der Waals surface area (Å²) in [4.78, 5) is 66.0. The fourth-order valence-corrected chi connectivity index (χ4v) is 5.31. The molecule has 1 heterocycles. The number of aliphatic hydroxyl groups is 1. The molecule has 2 rings (SSSR count). The number of anilines is 1. The van der Waals surface area contributed by atoms with Gasteiger partial charge in [-0.1, -0.05) is 38.8 Å². The lowest BCUT2D eigenvalue weighted by Crippen LogP contribution is -2.63. The first-order valence-electron chi connectivity index (χ1n) is 17.5. The summed E-state index contributed by atoms with van der Waals surface area (Å²) in [5.74, 6) is -4.57. The zero-order chi connectivity index (χ0) is 38.5. The molecule has 0 aliphatic carbocycles. The van der Waals surface area contributed by atoms with E-state index in [1.54, 1.807) is 0 Å². The Morgan fingerprint density at radius 1 is 0.865 bits per heavy atom. The third-order valence-electron chi connectivity index (χ3n) is 8.15. The van der Waals surface area contributed by atoms with Gasteiger partial charge in [0, 0.05) is 38.7 Å². The highest BCUT2D eigenvalue weighted by molar-refractivity contribution is 5.85. The van der Waals surface area contributed by atoms with E-state index in [4.69, 9.17) is 28.9 Å². The minimum atomic E-state index is -1.63. The lowest BCUT2D eigenvalue weighted by atomic mass is 9.96. The number of hydrogen-bond acceptors (Lipinski definition) is 12. The van der Waals surface area contributed by atoms with Crippen LogP contribution in [0, 0.1) is 23.2 Å². The van der Waals surface area contributed by atoms with Gasteiger partial charge in [0.05, 0.1) is 30.1 Å². The van der Waals surface area contributed by atoms with E-state index in [-0.39, 0.29) is 37.3 Å². The van der Waals surface area contributed by atoms with E-state index >= 15 is 0 Å². The Hall–Kier alpha value is -4.78. The summed E-state index contributed by atoms with van der Waals surface area (Å²) in [6.07, 6.45) is -2.85. The largest absolute Gasteiger partial charge is 0.454 e. The Bertz CT molecular complexity index is 1380. The summed E-state index contributed by atoms with van der Waals surface area (Å²) in [6.45, 7) is 11.4. The summed E-state index contributed by atoms with van der Waals surface area (Å²) in [7, 11) is 1.24. The number of nitrogens with one attached hydrogen (secondary N) is 3. The molecule has 1 aliphatic heterocycles. The Balaban J connectivity index is 2.48. The van der Waals surface area contributed by atoms with Gasteiger partial charge in [-0.15, -0.1) is 13.2 Å². The number of esters is 2. The first-order chi connectivity index (χ1) is 25.0. The normalized spacial score (nSPS) is 20.6. The molecule has 0 radical (unpaired) electrons. The van der Waals surface area contributed by atoms with E-state index in [9.17, 15) is 29.1 Å². The van der Waals surface area contributed by atoms with Crippen molar-refractivity contribution in [3.63, 3.8) is 0 Å². The van der Waals surface area contributed by atoms with Crippen molar-refractivity contribution in [2.45, 2.75) is 95.9 Å². The predicted molar refractivity (Wildman–Crippen MR) is 189 cm³/mol. The molecule has 286 valence electrons. The third kappa shape index (κ3) is 14.1. The van der Waals surface area contributed by atoms with Crippen LogP contribution in [0.15, 0.2) is 49.6 Å². The maximum Gasteiger partial charge on any atom is 0.412 e. The van der Waals surface area contributed by atoms with Crippen molar-refractivity contribution in [2.75, 3.05) is 32.1 Å². The first-order valence-corrected chi connectivity index (χ1v) is 17.5. The van der Waals surface area contributed by atoms with Gasteiger partial charge >= 0.3 is 18.0 Å². The van der Waals surface area contributed by atoms with Crippen molar-refractivity contribution in [3.05, 3.63) is 55.1 Å². The molecule has 4 N–H and O–H groups in total. The average molecular weight is 729 g/mol. The summed E-state index contributed by atoms with van der Waals surface area (Å²) in [6, 6.07) is 7.85. The van der Waals surface area contributed by atoms with Crippen LogP contribution in [0.5, 0.6) is 0 Å². The van der Waals surface area contributed by atoms with Gasteiger partial charge in [0.15, 0.2) is 24.6 Å². The van der Waals surface area contributed by atoms with Crippen LogP contribution in [0.3, 0.4) is 0 Å². The lowest BCUT2D eigenvalue weighted by molar-refractivity contribution is -0.300. The Labute approximate surface area is 305 Å². The molecular weight excluding hydrogens is 676 g/mol. The number of amides is 3. The molecule has 1 aromatic rings. The molecule has 0 saturated carbocycles. The summed E-state index contributed by atoms with van der Waals surface area (Å²) >= 11 is 0. The SMILES string of the molecule is C=CC[C@@H](CC(=O)NCCCC)C(=O)O[C@@H]1[C@H](OC(=O)[C@H](CC=C)CC(=O)NCCCC)[C@@H](OC)O[C@H](CO)[C@H]1OC(=O)Nc1ccc(C#N)cc1. The molecule has 0 spiro atoms. The second-order valence-electron chi connectivity index (χ2n) is 12.2. The third-order valence-corrected chi connectivity index (χ3v) is 8.15. The highest BCUT2D eigenvalue weighted by Gasteiger charge is 2.53. The summed E-state index contributed by atoms with van der Waals surface area (Å²) in [5, 5.41) is 27.4. The highest BCUT2D eigenvalue weighted by atomic mass is 16.7. The zero-order valence-corrected chi connectivity index (χ0v) is 30.2. The molecule has 52 heavy (non-hydrogen) atoms. The van der Waals surface area contributed by atoms with Crippen molar-refractivity contribution in [2.24, 2.45) is 11.8 Å². The monoisotopic (exact) mass is 728 g/mol. The van der Waals surface area contributed by atoms with Crippen molar-refractivity contribution >= 4 is 35.5 Å². The van der Waals surface area contributed by atoms with Crippen molar-refractivity contribution in [3.8, 4) is 6.07 Å². The van der Waals surface area contributed by atoms with E-state index in [1.165, 1.54) is 43.5 Å². The predicted octanol–water partition coefficient (Wildman–Crippen LogP) is 3.66. The highest BCUT2D eigenvalue weighted by Crippen LogP contribution is 2.31. The maximum atomic E-state index is 13.8. The van der Waals surface area contributed by atoms with E-state index in [1.807, 2.05) is 19.9 Å². The van der Waals surface area contributed by atoms with E-state index in [0.29, 0.717) is 18.7 Å². The number of nitrogens with zero attached hydrogens (tertiary/aromatic N) is 1. The zero-order valence-electron chi connectivity index (χ0n) is 30.2. The molecule has 1 aliphatic rings. The fourth-order valence-electron chi connectivity index (χ4n) is 5.31. The van der Waals surface area contributed by atoms with Crippen LogP contribution in [0.2, 0.25) is 0 Å².